The van der Waals surface area contributed by atoms with Crippen molar-refractivity contribution in [1.29, 1.82) is 0 Å². The van der Waals surface area contributed by atoms with E-state index in [2.05, 4.69) is 30.4 Å². The summed E-state index contributed by atoms with van der Waals surface area (Å²) in [7, 11) is 0. The Balaban J connectivity index is 1.58. The molecule has 3 aromatic rings. The summed E-state index contributed by atoms with van der Waals surface area (Å²) in [4.78, 5) is 38.2. The lowest BCUT2D eigenvalue weighted by atomic mass is 10.3. The van der Waals surface area contributed by atoms with Crippen molar-refractivity contribution in [2.24, 2.45) is 0 Å². The quantitative estimate of drug-likeness (QED) is 0.698. The Morgan fingerprint density at radius 1 is 1.38 bits per heavy atom. The number of nitrogens with zero attached hydrogens (tertiary/aromatic N) is 4. The molecule has 3 rings (SSSR count). The predicted octanol–water partition coefficient (Wildman–Crippen LogP) is 0.496. The maximum absolute atomic E-state index is 11.9. The molecule has 0 radical (unpaired) electrons. The number of hydrogen-bond donors (Lipinski definition) is 2. The van der Waals surface area contributed by atoms with E-state index in [1.54, 1.807) is 25.4 Å². The van der Waals surface area contributed by atoms with Gasteiger partial charge in [-0.3, -0.25) is 14.6 Å². The van der Waals surface area contributed by atoms with Crippen molar-refractivity contribution in [3.63, 3.8) is 0 Å². The van der Waals surface area contributed by atoms with E-state index in [0.29, 0.717) is 24.0 Å². The van der Waals surface area contributed by atoms with Crippen LogP contribution in [0.25, 0.3) is 11.4 Å². The van der Waals surface area contributed by atoms with Crippen LogP contribution in [0.15, 0.2) is 40.0 Å². The van der Waals surface area contributed by atoms with Gasteiger partial charge in [-0.15, -0.1) is 0 Å². The Bertz CT molecular complexity index is 903. The minimum absolute atomic E-state index is 0.0396. The SMILES string of the molecule is Cc1ncc(C(=O)NCCc2nc(-c3cccnc3)no2)c(=O)[nH]1. The van der Waals surface area contributed by atoms with Crippen LogP contribution >= 0.6 is 0 Å². The normalized spacial score (nSPS) is 10.5. The van der Waals surface area contributed by atoms with Gasteiger partial charge in [-0.2, -0.15) is 4.98 Å². The number of aromatic amines is 1. The molecule has 0 bridgehead atoms. The van der Waals surface area contributed by atoms with Gasteiger partial charge < -0.3 is 14.8 Å². The highest BCUT2D eigenvalue weighted by Crippen LogP contribution is 2.13. The van der Waals surface area contributed by atoms with Crippen molar-refractivity contribution in [3.8, 4) is 11.4 Å². The molecule has 122 valence electrons. The molecule has 0 saturated heterocycles. The summed E-state index contributed by atoms with van der Waals surface area (Å²) in [6, 6.07) is 3.60. The molecule has 1 amide bonds. The van der Waals surface area contributed by atoms with Crippen LogP contribution in [-0.4, -0.2) is 37.5 Å². The molecule has 0 spiro atoms. The largest absolute Gasteiger partial charge is 0.351 e. The molecule has 0 saturated carbocycles. The zero-order chi connectivity index (χ0) is 16.9. The van der Waals surface area contributed by atoms with Crippen LogP contribution in [-0.2, 0) is 6.42 Å². The van der Waals surface area contributed by atoms with Gasteiger partial charge in [0.15, 0.2) is 0 Å². The van der Waals surface area contributed by atoms with E-state index in [-0.39, 0.29) is 12.1 Å². The highest BCUT2D eigenvalue weighted by Gasteiger charge is 2.12. The molecule has 24 heavy (non-hydrogen) atoms. The maximum Gasteiger partial charge on any atom is 0.263 e. The molecular formula is C15H14N6O3. The number of nitrogens with one attached hydrogen (secondary N) is 2. The summed E-state index contributed by atoms with van der Waals surface area (Å²) >= 11 is 0. The average molecular weight is 326 g/mol. The zero-order valence-corrected chi connectivity index (χ0v) is 12.8. The predicted molar refractivity (Wildman–Crippen MR) is 83.2 cm³/mol. The van der Waals surface area contributed by atoms with Gasteiger partial charge in [0.05, 0.1) is 0 Å². The van der Waals surface area contributed by atoms with E-state index in [1.807, 2.05) is 6.07 Å². The van der Waals surface area contributed by atoms with Crippen molar-refractivity contribution in [3.05, 3.63) is 58.4 Å². The fourth-order valence-electron chi connectivity index (χ4n) is 1.99. The third-order valence-corrected chi connectivity index (χ3v) is 3.18. The molecule has 0 aliphatic heterocycles. The van der Waals surface area contributed by atoms with Crippen LogP contribution in [0, 0.1) is 6.92 Å². The number of carbonyl (C=O) groups is 1. The van der Waals surface area contributed by atoms with Gasteiger partial charge in [0.1, 0.15) is 11.4 Å². The highest BCUT2D eigenvalue weighted by atomic mass is 16.5. The van der Waals surface area contributed by atoms with Gasteiger partial charge in [-0.05, 0) is 19.1 Å². The summed E-state index contributed by atoms with van der Waals surface area (Å²) in [5, 5.41) is 6.48. The lowest BCUT2D eigenvalue weighted by Crippen LogP contribution is -2.31. The number of carbonyl (C=O) groups excluding carboxylic acids is 1. The second kappa shape index (κ2) is 6.82. The molecular weight excluding hydrogens is 312 g/mol. The molecule has 0 unspecified atom stereocenters. The van der Waals surface area contributed by atoms with Gasteiger partial charge in [-0.25, -0.2) is 4.98 Å². The summed E-state index contributed by atoms with van der Waals surface area (Å²) in [5.41, 5.74) is 0.229. The number of pyridine rings is 1. The van der Waals surface area contributed by atoms with E-state index in [4.69, 9.17) is 4.52 Å². The van der Waals surface area contributed by atoms with Gasteiger partial charge >= 0.3 is 0 Å². The highest BCUT2D eigenvalue weighted by molar-refractivity contribution is 5.93. The van der Waals surface area contributed by atoms with Crippen LogP contribution in [0.5, 0.6) is 0 Å². The Kier molecular flexibility index (Phi) is 4.41. The first-order chi connectivity index (χ1) is 11.6. The zero-order valence-electron chi connectivity index (χ0n) is 12.8. The third-order valence-electron chi connectivity index (χ3n) is 3.18. The number of rotatable bonds is 5. The van der Waals surface area contributed by atoms with E-state index in [1.165, 1.54) is 6.20 Å². The van der Waals surface area contributed by atoms with E-state index in [9.17, 15) is 9.59 Å². The Labute approximate surface area is 136 Å². The summed E-state index contributed by atoms with van der Waals surface area (Å²) in [5.74, 6) is 0.759. The fraction of sp³-hybridized carbons (Fsp3) is 0.200. The molecule has 0 aliphatic rings. The van der Waals surface area contributed by atoms with Crippen LogP contribution in [0.2, 0.25) is 0 Å². The van der Waals surface area contributed by atoms with Crippen LogP contribution in [0.4, 0.5) is 0 Å². The van der Waals surface area contributed by atoms with E-state index >= 15 is 0 Å². The molecule has 0 atom stereocenters. The smallest absolute Gasteiger partial charge is 0.263 e. The molecule has 0 aromatic carbocycles. The first kappa shape index (κ1) is 15.5. The second-order valence-corrected chi connectivity index (χ2v) is 4.97. The minimum Gasteiger partial charge on any atom is -0.351 e. The van der Waals surface area contributed by atoms with Gasteiger partial charge in [0, 0.05) is 37.1 Å². The molecule has 3 heterocycles. The first-order valence-electron chi connectivity index (χ1n) is 7.20. The van der Waals surface area contributed by atoms with Gasteiger partial charge in [0.2, 0.25) is 11.7 Å². The number of H-pyrrole nitrogens is 1. The van der Waals surface area contributed by atoms with Crippen molar-refractivity contribution < 1.29 is 9.32 Å². The monoisotopic (exact) mass is 326 g/mol. The van der Waals surface area contributed by atoms with Crippen LogP contribution < -0.4 is 10.9 Å². The minimum atomic E-state index is -0.504. The standard InChI is InChI=1S/C15H14N6O3/c1-9-18-8-11(15(23)19-9)14(22)17-6-4-12-20-13(21-24-12)10-3-2-5-16-7-10/h2-3,5,7-8H,4,6H2,1H3,(H,17,22)(H,18,19,23). The molecule has 0 aliphatic carbocycles. The number of hydrogen-bond acceptors (Lipinski definition) is 7. The van der Waals surface area contributed by atoms with E-state index < -0.39 is 11.5 Å². The molecule has 3 aromatic heterocycles. The van der Waals surface area contributed by atoms with Crippen molar-refractivity contribution >= 4 is 5.91 Å². The Hall–Kier alpha value is -3.36. The lowest BCUT2D eigenvalue weighted by molar-refractivity contribution is 0.0951. The van der Waals surface area contributed by atoms with Crippen LogP contribution in [0.3, 0.4) is 0 Å². The van der Waals surface area contributed by atoms with Crippen molar-refractivity contribution in [2.45, 2.75) is 13.3 Å². The lowest BCUT2D eigenvalue weighted by Gasteiger charge is -2.02. The van der Waals surface area contributed by atoms with Crippen molar-refractivity contribution in [2.75, 3.05) is 6.54 Å². The molecule has 9 heteroatoms. The Morgan fingerprint density at radius 3 is 3.00 bits per heavy atom. The van der Waals surface area contributed by atoms with Gasteiger partial charge in [0.25, 0.3) is 11.5 Å². The number of aromatic nitrogens is 5. The average Bonchev–Trinajstić information content (AvgIpc) is 3.04. The fourth-order valence-corrected chi connectivity index (χ4v) is 1.99. The van der Waals surface area contributed by atoms with E-state index in [0.717, 1.165) is 5.56 Å². The topological polar surface area (TPSA) is 127 Å². The number of amides is 1. The Morgan fingerprint density at radius 2 is 2.25 bits per heavy atom. The molecule has 0 fully saturated rings. The van der Waals surface area contributed by atoms with Crippen LogP contribution in [0.1, 0.15) is 22.1 Å². The van der Waals surface area contributed by atoms with Crippen molar-refractivity contribution in [1.82, 2.24) is 30.4 Å². The summed E-state index contributed by atoms with van der Waals surface area (Å²) in [6.07, 6.45) is 4.88. The third kappa shape index (κ3) is 3.51. The first-order valence-corrected chi connectivity index (χ1v) is 7.20. The second-order valence-electron chi connectivity index (χ2n) is 4.97. The summed E-state index contributed by atoms with van der Waals surface area (Å²) in [6.45, 7) is 1.89. The molecule has 2 N–H and O–H groups in total. The molecule has 9 nitrogen and oxygen atoms in total. The maximum atomic E-state index is 11.9. The summed E-state index contributed by atoms with van der Waals surface area (Å²) < 4.78 is 5.13. The van der Waals surface area contributed by atoms with Gasteiger partial charge in [-0.1, -0.05) is 5.16 Å². The number of aryl methyl sites for hydroxylation is 1.